The summed E-state index contributed by atoms with van der Waals surface area (Å²) in [7, 11) is 0. The molecule has 1 aliphatic rings. The molecule has 0 saturated carbocycles. The first-order valence-corrected chi connectivity index (χ1v) is 7.29. The van der Waals surface area contributed by atoms with Gasteiger partial charge in [0.1, 0.15) is 0 Å². The molecule has 4 heteroatoms. The fraction of sp³-hybridized carbons (Fsp3) is 0.727. The van der Waals surface area contributed by atoms with E-state index in [2.05, 4.69) is 33.2 Å². The van der Waals surface area contributed by atoms with Gasteiger partial charge < -0.3 is 4.74 Å². The van der Waals surface area contributed by atoms with Crippen molar-refractivity contribution in [3.8, 4) is 0 Å². The van der Waals surface area contributed by atoms with Gasteiger partial charge in [0.05, 0.1) is 17.3 Å². The minimum Gasteiger partial charge on any atom is -0.381 e. The van der Waals surface area contributed by atoms with Gasteiger partial charge in [-0.15, -0.1) is 11.3 Å². The molecule has 1 aliphatic heterocycles. The number of alkyl halides is 1. The van der Waals surface area contributed by atoms with Crippen molar-refractivity contribution in [1.29, 1.82) is 0 Å². The minimum absolute atomic E-state index is 0.277. The lowest BCUT2D eigenvalue weighted by Gasteiger charge is -2.35. The summed E-state index contributed by atoms with van der Waals surface area (Å²) < 4.78 is 5.60. The van der Waals surface area contributed by atoms with Crippen LogP contribution in [0.1, 0.15) is 23.5 Å². The molecule has 0 amide bonds. The Morgan fingerprint density at radius 2 is 2.53 bits per heavy atom. The van der Waals surface area contributed by atoms with Crippen LogP contribution in [0.5, 0.6) is 0 Å². The maximum absolute atomic E-state index is 5.60. The van der Waals surface area contributed by atoms with E-state index in [0.717, 1.165) is 30.0 Å². The number of thiazole rings is 1. The number of ether oxygens (including phenoxy) is 1. The minimum atomic E-state index is 0.277. The number of aromatic nitrogens is 1. The van der Waals surface area contributed by atoms with Crippen molar-refractivity contribution in [3.63, 3.8) is 0 Å². The van der Waals surface area contributed by atoms with E-state index >= 15 is 0 Å². The molecular formula is C11H16BrNOS. The van der Waals surface area contributed by atoms with E-state index < -0.39 is 0 Å². The predicted molar refractivity (Wildman–Crippen MR) is 66.8 cm³/mol. The summed E-state index contributed by atoms with van der Waals surface area (Å²) in [5.74, 6) is 0. The van der Waals surface area contributed by atoms with Gasteiger partial charge in [0.15, 0.2) is 0 Å². The van der Waals surface area contributed by atoms with E-state index in [1.54, 1.807) is 11.3 Å². The lowest BCUT2D eigenvalue weighted by molar-refractivity contribution is 0.00574. The largest absolute Gasteiger partial charge is 0.381 e. The van der Waals surface area contributed by atoms with Crippen molar-refractivity contribution in [2.24, 2.45) is 5.41 Å². The topological polar surface area (TPSA) is 22.1 Å². The van der Waals surface area contributed by atoms with Crippen molar-refractivity contribution in [2.75, 3.05) is 18.5 Å². The Labute approximate surface area is 103 Å². The third kappa shape index (κ3) is 2.80. The van der Waals surface area contributed by atoms with Gasteiger partial charge in [0.25, 0.3) is 0 Å². The van der Waals surface area contributed by atoms with Gasteiger partial charge in [0.2, 0.25) is 0 Å². The first-order chi connectivity index (χ1) is 7.24. The average molecular weight is 290 g/mol. The zero-order valence-electron chi connectivity index (χ0n) is 8.96. The zero-order valence-corrected chi connectivity index (χ0v) is 11.4. The fourth-order valence-corrected chi connectivity index (χ4v) is 3.33. The lowest BCUT2D eigenvalue weighted by atomic mass is 9.81. The molecule has 0 spiro atoms. The highest BCUT2D eigenvalue weighted by molar-refractivity contribution is 9.09. The SMILES string of the molecule is Cc1nc(CC2(CBr)CCCOC2)cs1. The number of hydrogen-bond donors (Lipinski definition) is 0. The molecule has 0 N–H and O–H groups in total. The van der Waals surface area contributed by atoms with Crippen LogP contribution >= 0.6 is 27.3 Å². The number of nitrogens with zero attached hydrogens (tertiary/aromatic N) is 1. The standard InChI is InChI=1S/C11H16BrNOS/c1-9-13-10(6-15-9)5-11(7-12)3-2-4-14-8-11/h6H,2-5,7-8H2,1H3. The Morgan fingerprint density at radius 3 is 3.07 bits per heavy atom. The summed E-state index contributed by atoms with van der Waals surface area (Å²) in [5, 5.41) is 4.34. The van der Waals surface area contributed by atoms with Crippen molar-refractivity contribution in [2.45, 2.75) is 26.2 Å². The monoisotopic (exact) mass is 289 g/mol. The first-order valence-electron chi connectivity index (χ1n) is 5.29. The highest BCUT2D eigenvalue weighted by Crippen LogP contribution is 2.34. The average Bonchev–Trinajstić information content (AvgIpc) is 2.65. The van der Waals surface area contributed by atoms with E-state index in [4.69, 9.17) is 4.74 Å². The molecule has 1 atom stereocenters. The van der Waals surface area contributed by atoms with Crippen LogP contribution in [0.3, 0.4) is 0 Å². The Hall–Kier alpha value is 0.0700. The zero-order chi connectivity index (χ0) is 10.7. The van der Waals surface area contributed by atoms with Crippen molar-refractivity contribution in [1.82, 2.24) is 4.98 Å². The predicted octanol–water partition coefficient (Wildman–Crippen LogP) is 3.19. The maximum Gasteiger partial charge on any atom is 0.0897 e. The highest BCUT2D eigenvalue weighted by Gasteiger charge is 2.32. The molecule has 1 aromatic rings. The van der Waals surface area contributed by atoms with Crippen molar-refractivity contribution < 1.29 is 4.74 Å². The molecule has 0 aliphatic carbocycles. The molecule has 0 aromatic carbocycles. The van der Waals surface area contributed by atoms with Gasteiger partial charge in [-0.25, -0.2) is 4.98 Å². The summed E-state index contributed by atoms with van der Waals surface area (Å²) in [5.41, 5.74) is 1.50. The van der Waals surface area contributed by atoms with Crippen molar-refractivity contribution >= 4 is 27.3 Å². The third-order valence-corrected chi connectivity index (χ3v) is 4.92. The number of aryl methyl sites for hydroxylation is 1. The van der Waals surface area contributed by atoms with Crippen LogP contribution in [0.2, 0.25) is 0 Å². The molecule has 2 nitrogen and oxygen atoms in total. The molecule has 2 heterocycles. The van der Waals surface area contributed by atoms with E-state index in [-0.39, 0.29) is 5.41 Å². The molecular weight excluding hydrogens is 274 g/mol. The molecule has 1 fully saturated rings. The van der Waals surface area contributed by atoms with Gasteiger partial charge in [-0.3, -0.25) is 0 Å². The Kier molecular flexibility index (Phi) is 3.80. The first kappa shape index (κ1) is 11.6. The van der Waals surface area contributed by atoms with Crippen LogP contribution in [-0.4, -0.2) is 23.5 Å². The quantitative estimate of drug-likeness (QED) is 0.798. The number of rotatable bonds is 3. The third-order valence-electron chi connectivity index (χ3n) is 2.91. The second-order valence-corrected chi connectivity index (χ2v) is 5.95. The second kappa shape index (κ2) is 4.93. The summed E-state index contributed by atoms with van der Waals surface area (Å²) >= 11 is 5.36. The van der Waals surface area contributed by atoms with Crippen LogP contribution in [0.25, 0.3) is 0 Å². The van der Waals surface area contributed by atoms with Gasteiger partial charge in [0, 0.05) is 22.7 Å². The summed E-state index contributed by atoms with van der Waals surface area (Å²) in [6.45, 7) is 3.85. The van der Waals surface area contributed by atoms with Crippen molar-refractivity contribution in [3.05, 3.63) is 16.1 Å². The van der Waals surface area contributed by atoms with E-state index in [9.17, 15) is 0 Å². The molecule has 84 valence electrons. The van der Waals surface area contributed by atoms with Crippen LogP contribution in [0.4, 0.5) is 0 Å². The molecule has 1 saturated heterocycles. The van der Waals surface area contributed by atoms with Crippen LogP contribution in [0.15, 0.2) is 5.38 Å². The van der Waals surface area contributed by atoms with Crippen LogP contribution in [0, 0.1) is 12.3 Å². The molecule has 1 aromatic heterocycles. The number of hydrogen-bond acceptors (Lipinski definition) is 3. The summed E-state index contributed by atoms with van der Waals surface area (Å²) in [6, 6.07) is 0. The van der Waals surface area contributed by atoms with Crippen LogP contribution in [-0.2, 0) is 11.2 Å². The van der Waals surface area contributed by atoms with Crippen LogP contribution < -0.4 is 0 Å². The lowest BCUT2D eigenvalue weighted by Crippen LogP contribution is -2.35. The normalized spacial score (nSPS) is 26.8. The molecule has 1 unspecified atom stereocenters. The van der Waals surface area contributed by atoms with E-state index in [1.165, 1.54) is 18.5 Å². The number of halogens is 1. The summed E-state index contributed by atoms with van der Waals surface area (Å²) in [6.07, 6.45) is 3.46. The molecule has 15 heavy (non-hydrogen) atoms. The van der Waals surface area contributed by atoms with Gasteiger partial charge in [-0.05, 0) is 26.2 Å². The van der Waals surface area contributed by atoms with E-state index in [1.807, 2.05) is 0 Å². The maximum atomic E-state index is 5.60. The Bertz CT molecular complexity index is 320. The fourth-order valence-electron chi connectivity index (χ4n) is 2.08. The second-order valence-electron chi connectivity index (χ2n) is 4.32. The summed E-state index contributed by atoms with van der Waals surface area (Å²) in [4.78, 5) is 4.54. The molecule has 0 bridgehead atoms. The molecule has 2 rings (SSSR count). The molecule has 0 radical (unpaired) electrons. The van der Waals surface area contributed by atoms with E-state index in [0.29, 0.717) is 0 Å². The Balaban J connectivity index is 2.06. The smallest absolute Gasteiger partial charge is 0.0897 e. The van der Waals surface area contributed by atoms with Gasteiger partial charge >= 0.3 is 0 Å². The Morgan fingerprint density at radius 1 is 1.67 bits per heavy atom. The highest BCUT2D eigenvalue weighted by atomic mass is 79.9. The van der Waals surface area contributed by atoms with Gasteiger partial charge in [-0.2, -0.15) is 0 Å². The van der Waals surface area contributed by atoms with Gasteiger partial charge in [-0.1, -0.05) is 15.9 Å².